The molecule has 100 valence electrons. The minimum absolute atomic E-state index is 0.262. The van der Waals surface area contributed by atoms with Crippen molar-refractivity contribution in [2.75, 3.05) is 6.54 Å². The number of carbonyl (C=O) groups excluding carboxylic acids is 2. The van der Waals surface area contributed by atoms with Crippen LogP contribution >= 0.6 is 0 Å². The third-order valence-corrected chi connectivity index (χ3v) is 2.65. The maximum atomic E-state index is 11.9. The van der Waals surface area contributed by atoms with Gasteiger partial charge in [0, 0.05) is 6.08 Å². The van der Waals surface area contributed by atoms with Crippen molar-refractivity contribution in [3.63, 3.8) is 0 Å². The Morgan fingerprint density at radius 3 is 2.42 bits per heavy atom. The van der Waals surface area contributed by atoms with Gasteiger partial charge in [0.2, 0.25) is 0 Å². The molecule has 4 nitrogen and oxygen atoms in total. The fourth-order valence-corrected chi connectivity index (χ4v) is 1.82. The number of benzene rings is 1. The van der Waals surface area contributed by atoms with Gasteiger partial charge in [-0.15, -0.1) is 0 Å². The molecule has 1 aliphatic rings. The molecule has 1 heterocycles. The molecule has 19 heavy (non-hydrogen) atoms. The van der Waals surface area contributed by atoms with Crippen molar-refractivity contribution < 1.29 is 14.3 Å². The predicted molar refractivity (Wildman–Crippen MR) is 72.4 cm³/mol. The van der Waals surface area contributed by atoms with E-state index in [-0.39, 0.29) is 12.5 Å². The second-order valence-corrected chi connectivity index (χ2v) is 5.44. The van der Waals surface area contributed by atoms with Crippen LogP contribution in [0.25, 0.3) is 5.57 Å². The molecule has 0 aliphatic carbocycles. The van der Waals surface area contributed by atoms with E-state index in [4.69, 9.17) is 4.74 Å². The number of rotatable bonds is 1. The van der Waals surface area contributed by atoms with Gasteiger partial charge in [0.25, 0.3) is 5.91 Å². The van der Waals surface area contributed by atoms with Crippen molar-refractivity contribution in [1.29, 1.82) is 0 Å². The van der Waals surface area contributed by atoms with E-state index in [2.05, 4.69) is 0 Å². The molecule has 2 rings (SSSR count). The highest BCUT2D eigenvalue weighted by molar-refractivity contribution is 6.08. The first-order chi connectivity index (χ1) is 8.87. The van der Waals surface area contributed by atoms with E-state index in [0.717, 1.165) is 16.0 Å². The fourth-order valence-electron chi connectivity index (χ4n) is 1.82. The highest BCUT2D eigenvalue weighted by atomic mass is 16.6. The monoisotopic (exact) mass is 259 g/mol. The summed E-state index contributed by atoms with van der Waals surface area (Å²) in [5.41, 5.74) is 1.17. The average Bonchev–Trinajstić information content (AvgIpc) is 2.70. The summed E-state index contributed by atoms with van der Waals surface area (Å²) in [6.07, 6.45) is 0.888. The highest BCUT2D eigenvalue weighted by Gasteiger charge is 2.31. The maximum Gasteiger partial charge on any atom is 0.417 e. The third-order valence-electron chi connectivity index (χ3n) is 2.65. The molecule has 0 spiro atoms. The minimum Gasteiger partial charge on any atom is -0.443 e. The van der Waals surface area contributed by atoms with Gasteiger partial charge in [-0.25, -0.2) is 9.69 Å². The van der Waals surface area contributed by atoms with E-state index < -0.39 is 11.7 Å². The zero-order chi connectivity index (χ0) is 14.0. The van der Waals surface area contributed by atoms with E-state index in [1.807, 2.05) is 30.3 Å². The second-order valence-electron chi connectivity index (χ2n) is 5.44. The molecule has 1 aromatic carbocycles. The smallest absolute Gasteiger partial charge is 0.417 e. The molecule has 0 unspecified atom stereocenters. The molecule has 1 aliphatic heterocycles. The first kappa shape index (κ1) is 13.3. The van der Waals surface area contributed by atoms with Gasteiger partial charge >= 0.3 is 6.09 Å². The molecule has 2 amide bonds. The van der Waals surface area contributed by atoms with E-state index in [1.165, 1.54) is 6.08 Å². The topological polar surface area (TPSA) is 46.6 Å². The lowest BCUT2D eigenvalue weighted by Gasteiger charge is -2.23. The summed E-state index contributed by atoms with van der Waals surface area (Å²) >= 11 is 0. The predicted octanol–water partition coefficient (Wildman–Crippen LogP) is 2.85. The van der Waals surface area contributed by atoms with E-state index in [9.17, 15) is 9.59 Å². The Morgan fingerprint density at radius 2 is 1.84 bits per heavy atom. The molecule has 1 aromatic rings. The van der Waals surface area contributed by atoms with Crippen LogP contribution in [-0.2, 0) is 9.53 Å². The molecular weight excluding hydrogens is 242 g/mol. The van der Waals surface area contributed by atoms with Gasteiger partial charge in [-0.05, 0) is 31.9 Å². The molecule has 0 N–H and O–H groups in total. The number of amides is 2. The number of hydrogen-bond acceptors (Lipinski definition) is 3. The summed E-state index contributed by atoms with van der Waals surface area (Å²) in [6.45, 7) is 5.59. The van der Waals surface area contributed by atoms with Crippen LogP contribution in [-0.4, -0.2) is 29.0 Å². The number of hydrogen-bond donors (Lipinski definition) is 0. The Morgan fingerprint density at radius 1 is 1.21 bits per heavy atom. The van der Waals surface area contributed by atoms with Crippen LogP contribution in [0.4, 0.5) is 4.79 Å². The first-order valence-electron chi connectivity index (χ1n) is 6.17. The SMILES string of the molecule is CC(C)(C)OC(=O)N1CC(c2ccccc2)=CC1=O. The Kier molecular flexibility index (Phi) is 3.42. The van der Waals surface area contributed by atoms with Gasteiger partial charge in [-0.3, -0.25) is 4.79 Å². The van der Waals surface area contributed by atoms with Gasteiger partial charge in [-0.2, -0.15) is 0 Å². The molecule has 0 saturated heterocycles. The van der Waals surface area contributed by atoms with Gasteiger partial charge in [0.15, 0.2) is 0 Å². The van der Waals surface area contributed by atoms with Crippen molar-refractivity contribution in [3.8, 4) is 0 Å². The lowest BCUT2D eigenvalue weighted by atomic mass is 10.1. The lowest BCUT2D eigenvalue weighted by Crippen LogP contribution is -2.38. The van der Waals surface area contributed by atoms with Crippen LogP contribution in [0.15, 0.2) is 36.4 Å². The summed E-state index contributed by atoms with van der Waals surface area (Å²) in [4.78, 5) is 24.9. The van der Waals surface area contributed by atoms with Gasteiger partial charge in [0.05, 0.1) is 6.54 Å². The summed E-state index contributed by atoms with van der Waals surface area (Å²) < 4.78 is 5.21. The molecule has 0 aromatic heterocycles. The van der Waals surface area contributed by atoms with E-state index in [1.54, 1.807) is 20.8 Å². The Labute approximate surface area is 112 Å². The van der Waals surface area contributed by atoms with Gasteiger partial charge < -0.3 is 4.74 Å². The second kappa shape index (κ2) is 4.88. The number of imide groups is 1. The summed E-state index contributed by atoms with van der Waals surface area (Å²) in [7, 11) is 0. The van der Waals surface area contributed by atoms with Crippen molar-refractivity contribution in [3.05, 3.63) is 42.0 Å². The molecule has 0 bridgehead atoms. The van der Waals surface area contributed by atoms with Crippen LogP contribution in [0.3, 0.4) is 0 Å². The quantitative estimate of drug-likeness (QED) is 0.779. The normalized spacial score (nSPS) is 15.4. The molecule has 0 fully saturated rings. The first-order valence-corrected chi connectivity index (χ1v) is 6.17. The van der Waals surface area contributed by atoms with Crippen molar-refractivity contribution >= 4 is 17.6 Å². The van der Waals surface area contributed by atoms with Crippen LogP contribution in [0, 0.1) is 0 Å². The lowest BCUT2D eigenvalue weighted by molar-refractivity contribution is -0.123. The van der Waals surface area contributed by atoms with E-state index >= 15 is 0 Å². The molecule has 0 atom stereocenters. The van der Waals surface area contributed by atoms with Crippen LogP contribution in [0.5, 0.6) is 0 Å². The maximum absolute atomic E-state index is 11.9. The fraction of sp³-hybridized carbons (Fsp3) is 0.333. The summed E-state index contributed by atoms with van der Waals surface area (Å²) in [6, 6.07) is 9.54. The zero-order valence-corrected chi connectivity index (χ0v) is 11.3. The van der Waals surface area contributed by atoms with Crippen molar-refractivity contribution in [1.82, 2.24) is 4.90 Å². The van der Waals surface area contributed by atoms with Gasteiger partial charge in [0.1, 0.15) is 5.60 Å². The van der Waals surface area contributed by atoms with Gasteiger partial charge in [-0.1, -0.05) is 30.3 Å². The van der Waals surface area contributed by atoms with Crippen LogP contribution in [0.2, 0.25) is 0 Å². The Bertz CT molecular complexity index is 526. The Balaban J connectivity index is 2.10. The molecule has 4 heteroatoms. The Hall–Kier alpha value is -2.10. The summed E-state index contributed by atoms with van der Waals surface area (Å²) in [5, 5.41) is 0. The van der Waals surface area contributed by atoms with Crippen LogP contribution in [0.1, 0.15) is 26.3 Å². The largest absolute Gasteiger partial charge is 0.443 e. The minimum atomic E-state index is -0.604. The average molecular weight is 259 g/mol. The van der Waals surface area contributed by atoms with E-state index in [0.29, 0.717) is 0 Å². The third kappa shape index (κ3) is 3.22. The number of nitrogens with zero attached hydrogens (tertiary/aromatic N) is 1. The van der Waals surface area contributed by atoms with Crippen molar-refractivity contribution in [2.45, 2.75) is 26.4 Å². The number of ether oxygens (including phenoxy) is 1. The zero-order valence-electron chi connectivity index (χ0n) is 11.3. The van der Waals surface area contributed by atoms with Crippen molar-refractivity contribution in [2.24, 2.45) is 0 Å². The molecular formula is C15H17NO3. The standard InChI is InChI=1S/C15H17NO3/c1-15(2,3)19-14(18)16-10-12(9-13(16)17)11-7-5-4-6-8-11/h4-9H,10H2,1-3H3. The highest BCUT2D eigenvalue weighted by Crippen LogP contribution is 2.23. The summed E-state index contributed by atoms with van der Waals surface area (Å²) in [5.74, 6) is -0.326. The molecule has 0 radical (unpaired) electrons. The number of carbonyl (C=O) groups is 2. The molecule has 0 saturated carbocycles. The van der Waals surface area contributed by atoms with Crippen LogP contribution < -0.4 is 0 Å².